The standard InChI is InChI=1S/C11H15N3OS/c1-3-4-7-14-10-8(12-11(14)16)5-6-9(13-10)15-2/h5-6H,3-4,7H2,1-2H3,(H,12,16). The van der Waals surface area contributed by atoms with Crippen molar-refractivity contribution in [2.45, 2.75) is 26.3 Å². The largest absolute Gasteiger partial charge is 0.481 e. The van der Waals surface area contributed by atoms with Crippen molar-refractivity contribution in [2.24, 2.45) is 0 Å². The number of nitrogens with one attached hydrogen (secondary N) is 1. The summed E-state index contributed by atoms with van der Waals surface area (Å²) in [7, 11) is 1.62. The van der Waals surface area contributed by atoms with Gasteiger partial charge in [-0.1, -0.05) is 13.3 Å². The van der Waals surface area contributed by atoms with Gasteiger partial charge in [-0.15, -0.1) is 0 Å². The first-order valence-electron chi connectivity index (χ1n) is 5.39. The third-order valence-electron chi connectivity index (χ3n) is 2.54. The van der Waals surface area contributed by atoms with Crippen molar-refractivity contribution in [3.63, 3.8) is 0 Å². The summed E-state index contributed by atoms with van der Waals surface area (Å²) in [6.45, 7) is 3.06. The van der Waals surface area contributed by atoms with Gasteiger partial charge in [0.1, 0.15) is 0 Å². The number of hydrogen-bond acceptors (Lipinski definition) is 3. The van der Waals surface area contributed by atoms with Crippen LogP contribution in [0.25, 0.3) is 11.2 Å². The maximum Gasteiger partial charge on any atom is 0.215 e. The molecular formula is C11H15N3OS. The van der Waals surface area contributed by atoms with Crippen LogP contribution in [0.3, 0.4) is 0 Å². The molecule has 0 atom stereocenters. The molecule has 2 aromatic heterocycles. The molecule has 2 rings (SSSR count). The van der Waals surface area contributed by atoms with Gasteiger partial charge in [-0.2, -0.15) is 4.98 Å². The van der Waals surface area contributed by atoms with E-state index in [9.17, 15) is 0 Å². The summed E-state index contributed by atoms with van der Waals surface area (Å²) in [6, 6.07) is 3.77. The molecule has 1 N–H and O–H groups in total. The van der Waals surface area contributed by atoms with Gasteiger partial charge < -0.3 is 14.3 Å². The Morgan fingerprint density at radius 1 is 1.50 bits per heavy atom. The first-order valence-corrected chi connectivity index (χ1v) is 5.80. The summed E-state index contributed by atoms with van der Waals surface area (Å²) in [5.74, 6) is 0.617. The van der Waals surface area contributed by atoms with Gasteiger partial charge >= 0.3 is 0 Å². The summed E-state index contributed by atoms with van der Waals surface area (Å²) < 4.78 is 7.87. The molecule has 2 aromatic rings. The van der Waals surface area contributed by atoms with Crippen LogP contribution in [0.1, 0.15) is 19.8 Å². The number of pyridine rings is 1. The highest BCUT2D eigenvalue weighted by Crippen LogP contribution is 2.16. The summed E-state index contributed by atoms with van der Waals surface area (Å²) in [5, 5.41) is 0. The maximum atomic E-state index is 5.27. The number of H-pyrrole nitrogens is 1. The molecular weight excluding hydrogens is 222 g/mol. The van der Waals surface area contributed by atoms with Crippen LogP contribution in [0, 0.1) is 4.77 Å². The van der Waals surface area contributed by atoms with Gasteiger partial charge in [-0.25, -0.2) is 0 Å². The smallest absolute Gasteiger partial charge is 0.215 e. The van der Waals surface area contributed by atoms with E-state index in [1.165, 1.54) is 0 Å². The van der Waals surface area contributed by atoms with E-state index in [1.807, 2.05) is 16.7 Å². The third kappa shape index (κ3) is 1.95. The Labute approximate surface area is 99.3 Å². The monoisotopic (exact) mass is 237 g/mol. The molecule has 4 nitrogen and oxygen atoms in total. The zero-order chi connectivity index (χ0) is 11.5. The lowest BCUT2D eigenvalue weighted by Gasteiger charge is -2.03. The van der Waals surface area contributed by atoms with E-state index in [1.54, 1.807) is 7.11 Å². The topological polar surface area (TPSA) is 42.8 Å². The van der Waals surface area contributed by atoms with Gasteiger partial charge in [0.15, 0.2) is 10.4 Å². The number of ether oxygens (including phenoxy) is 1. The minimum Gasteiger partial charge on any atom is -0.481 e. The molecule has 86 valence electrons. The normalized spacial score (nSPS) is 10.9. The Bertz CT molecular complexity index is 544. The molecule has 0 amide bonds. The number of fused-ring (bicyclic) bond motifs is 1. The van der Waals surface area contributed by atoms with Crippen molar-refractivity contribution in [3.8, 4) is 5.88 Å². The Hall–Kier alpha value is -1.36. The van der Waals surface area contributed by atoms with E-state index >= 15 is 0 Å². The Kier molecular flexibility index (Phi) is 3.24. The fraction of sp³-hybridized carbons (Fsp3) is 0.455. The fourth-order valence-electron chi connectivity index (χ4n) is 1.65. The molecule has 0 aliphatic heterocycles. The highest BCUT2D eigenvalue weighted by molar-refractivity contribution is 7.71. The number of methoxy groups -OCH3 is 1. The number of rotatable bonds is 4. The quantitative estimate of drug-likeness (QED) is 0.831. The number of imidazole rings is 1. The van der Waals surface area contributed by atoms with E-state index < -0.39 is 0 Å². The molecule has 0 saturated heterocycles. The van der Waals surface area contributed by atoms with Crippen molar-refractivity contribution >= 4 is 23.4 Å². The first kappa shape index (κ1) is 11.1. The fourth-order valence-corrected chi connectivity index (χ4v) is 1.94. The van der Waals surface area contributed by atoms with Crippen LogP contribution in [0.2, 0.25) is 0 Å². The number of aromatic nitrogens is 3. The minimum absolute atomic E-state index is 0.617. The molecule has 0 spiro atoms. The first-order chi connectivity index (χ1) is 7.76. The van der Waals surface area contributed by atoms with Gasteiger partial charge in [0.05, 0.1) is 12.6 Å². The Morgan fingerprint density at radius 3 is 3.00 bits per heavy atom. The SMILES string of the molecule is CCCCn1c(=S)[nH]c2ccc(OC)nc21. The summed E-state index contributed by atoms with van der Waals surface area (Å²) >= 11 is 5.27. The van der Waals surface area contributed by atoms with Gasteiger partial charge in [-0.05, 0) is 24.7 Å². The van der Waals surface area contributed by atoms with Crippen molar-refractivity contribution in [1.29, 1.82) is 0 Å². The van der Waals surface area contributed by atoms with Crippen molar-refractivity contribution in [1.82, 2.24) is 14.5 Å². The van der Waals surface area contributed by atoms with Crippen molar-refractivity contribution in [2.75, 3.05) is 7.11 Å². The maximum absolute atomic E-state index is 5.27. The van der Waals surface area contributed by atoms with Crippen LogP contribution in [-0.4, -0.2) is 21.6 Å². The van der Waals surface area contributed by atoms with E-state index in [0.717, 1.165) is 35.3 Å². The molecule has 16 heavy (non-hydrogen) atoms. The van der Waals surface area contributed by atoms with Crippen LogP contribution in [-0.2, 0) is 6.54 Å². The van der Waals surface area contributed by atoms with Crippen LogP contribution in [0.4, 0.5) is 0 Å². The van der Waals surface area contributed by atoms with Crippen LogP contribution >= 0.6 is 12.2 Å². The molecule has 0 fully saturated rings. The molecule has 2 heterocycles. The molecule has 0 aromatic carbocycles. The molecule has 0 aliphatic rings. The van der Waals surface area contributed by atoms with Crippen LogP contribution < -0.4 is 4.74 Å². The van der Waals surface area contributed by atoms with Crippen LogP contribution in [0.15, 0.2) is 12.1 Å². The van der Waals surface area contributed by atoms with E-state index in [4.69, 9.17) is 17.0 Å². The van der Waals surface area contributed by atoms with Gasteiger partial charge in [0.25, 0.3) is 0 Å². The van der Waals surface area contributed by atoms with E-state index in [2.05, 4.69) is 16.9 Å². The second kappa shape index (κ2) is 4.65. The third-order valence-corrected chi connectivity index (χ3v) is 2.86. The lowest BCUT2D eigenvalue weighted by atomic mass is 10.3. The molecule has 5 heteroatoms. The predicted octanol–water partition coefficient (Wildman–Crippen LogP) is 2.90. The summed E-state index contributed by atoms with van der Waals surface area (Å²) in [6.07, 6.45) is 2.23. The van der Waals surface area contributed by atoms with E-state index in [-0.39, 0.29) is 0 Å². The summed E-state index contributed by atoms with van der Waals surface area (Å²) in [5.41, 5.74) is 1.83. The second-order valence-corrected chi connectivity index (χ2v) is 4.05. The van der Waals surface area contributed by atoms with E-state index in [0.29, 0.717) is 5.88 Å². The number of aryl methyl sites for hydroxylation is 1. The molecule has 0 bridgehead atoms. The van der Waals surface area contributed by atoms with Gasteiger partial charge in [0, 0.05) is 12.6 Å². The Morgan fingerprint density at radius 2 is 2.31 bits per heavy atom. The number of aromatic amines is 1. The lowest BCUT2D eigenvalue weighted by Crippen LogP contribution is -1.99. The molecule has 0 aliphatic carbocycles. The molecule has 0 radical (unpaired) electrons. The van der Waals surface area contributed by atoms with Crippen molar-refractivity contribution < 1.29 is 4.74 Å². The number of nitrogens with zero attached hydrogens (tertiary/aromatic N) is 2. The Balaban J connectivity index is 2.52. The lowest BCUT2D eigenvalue weighted by molar-refractivity contribution is 0.399. The second-order valence-electron chi connectivity index (χ2n) is 3.66. The van der Waals surface area contributed by atoms with Gasteiger partial charge in [0.2, 0.25) is 5.88 Å². The average Bonchev–Trinajstić information content (AvgIpc) is 2.61. The molecule has 0 saturated carbocycles. The highest BCUT2D eigenvalue weighted by atomic mass is 32.1. The zero-order valence-corrected chi connectivity index (χ0v) is 10.3. The minimum atomic E-state index is 0.617. The summed E-state index contributed by atoms with van der Waals surface area (Å²) in [4.78, 5) is 7.56. The average molecular weight is 237 g/mol. The predicted molar refractivity (Wildman–Crippen MR) is 66.4 cm³/mol. The zero-order valence-electron chi connectivity index (χ0n) is 9.49. The number of hydrogen-bond donors (Lipinski definition) is 1. The number of unbranched alkanes of at least 4 members (excludes halogenated alkanes) is 1. The van der Waals surface area contributed by atoms with Crippen LogP contribution in [0.5, 0.6) is 5.88 Å². The highest BCUT2D eigenvalue weighted by Gasteiger charge is 2.06. The van der Waals surface area contributed by atoms with Gasteiger partial charge in [-0.3, -0.25) is 0 Å². The van der Waals surface area contributed by atoms with Crippen molar-refractivity contribution in [3.05, 3.63) is 16.9 Å². The molecule has 0 unspecified atom stereocenters.